The summed E-state index contributed by atoms with van der Waals surface area (Å²) in [5, 5.41) is 5.46. The van der Waals surface area contributed by atoms with Crippen molar-refractivity contribution < 1.29 is 0 Å². The fourth-order valence-corrected chi connectivity index (χ4v) is 1.53. The molecule has 0 aliphatic carbocycles. The van der Waals surface area contributed by atoms with Crippen LogP contribution in [0.1, 0.15) is 0 Å². The van der Waals surface area contributed by atoms with Gasteiger partial charge in [-0.15, -0.1) is 0 Å². The van der Waals surface area contributed by atoms with Crippen LogP contribution in [0.5, 0.6) is 0 Å². The largest absolute Gasteiger partial charge is 0.222 e. The molecule has 0 fully saturated rings. The highest BCUT2D eigenvalue weighted by Gasteiger charge is 2.01. The molecule has 1 aromatic carbocycles. The number of aromatic nitrogens is 2. The monoisotopic (exact) mass is 208 g/mol. The Morgan fingerprint density at radius 3 is 2.92 bits per heavy atom. The summed E-state index contributed by atoms with van der Waals surface area (Å²) in [4.78, 5) is 0. The Hall–Kier alpha value is -0.870. The topological polar surface area (TPSA) is 17.8 Å². The molecule has 0 unspecified atom stereocenters. The van der Waals surface area contributed by atoms with Crippen molar-refractivity contribution in [3.05, 3.63) is 30.5 Å². The Morgan fingerprint density at radius 1 is 1.46 bits per heavy atom. The summed E-state index contributed by atoms with van der Waals surface area (Å²) in [5.41, 5.74) is 0.985. The zero-order valence-corrected chi connectivity index (χ0v) is 8.73. The van der Waals surface area contributed by atoms with E-state index in [2.05, 4.69) is 5.10 Å². The average molecular weight is 208 g/mol. The van der Waals surface area contributed by atoms with Gasteiger partial charge in [-0.1, -0.05) is 42.2 Å². The summed E-state index contributed by atoms with van der Waals surface area (Å²) in [6, 6.07) is 7.98. The van der Waals surface area contributed by atoms with Crippen molar-refractivity contribution in [1.82, 2.24) is 9.78 Å². The summed E-state index contributed by atoms with van der Waals surface area (Å²) in [5.74, 6) is 0. The predicted molar refractivity (Wildman–Crippen MR) is 61.2 cm³/mol. The molecule has 0 radical (unpaired) electrons. The van der Waals surface area contributed by atoms with Crippen LogP contribution in [0.3, 0.4) is 0 Å². The zero-order valence-electron chi connectivity index (χ0n) is 7.10. The van der Waals surface area contributed by atoms with E-state index in [-0.39, 0.29) is 0 Å². The molecular formula is C9H8N2S2. The molecule has 0 saturated heterocycles. The van der Waals surface area contributed by atoms with Gasteiger partial charge in [0.25, 0.3) is 0 Å². The minimum Gasteiger partial charge on any atom is -0.222 e. The lowest BCUT2D eigenvalue weighted by atomic mass is 10.3. The minimum atomic E-state index is 0.774. The van der Waals surface area contributed by atoms with Gasteiger partial charge >= 0.3 is 0 Å². The SMILES string of the molecule is CSC(=S)n1cc2ccccc2n1. The summed E-state index contributed by atoms with van der Waals surface area (Å²) in [6.45, 7) is 0. The third kappa shape index (κ3) is 1.59. The number of fused-ring (bicyclic) bond motifs is 1. The Bertz CT molecular complexity index is 415. The Balaban J connectivity index is 2.56. The molecule has 0 N–H and O–H groups in total. The van der Waals surface area contributed by atoms with Crippen LogP contribution in [0.15, 0.2) is 30.5 Å². The van der Waals surface area contributed by atoms with E-state index in [1.165, 1.54) is 11.8 Å². The van der Waals surface area contributed by atoms with Crippen molar-refractivity contribution in [2.45, 2.75) is 0 Å². The normalized spacial score (nSPS) is 10.5. The molecule has 66 valence electrons. The fourth-order valence-electron chi connectivity index (χ4n) is 1.15. The van der Waals surface area contributed by atoms with E-state index in [4.69, 9.17) is 12.2 Å². The highest BCUT2D eigenvalue weighted by Crippen LogP contribution is 2.12. The molecule has 2 nitrogen and oxygen atoms in total. The van der Waals surface area contributed by atoms with Crippen LogP contribution in [-0.2, 0) is 0 Å². The van der Waals surface area contributed by atoms with Gasteiger partial charge in [0.2, 0.25) is 0 Å². The van der Waals surface area contributed by atoms with Gasteiger partial charge in [-0.05, 0) is 12.3 Å². The minimum absolute atomic E-state index is 0.774. The summed E-state index contributed by atoms with van der Waals surface area (Å²) < 4.78 is 2.52. The number of nitrogens with zero attached hydrogens (tertiary/aromatic N) is 2. The molecule has 0 aliphatic rings. The number of hydrogen-bond donors (Lipinski definition) is 0. The van der Waals surface area contributed by atoms with Gasteiger partial charge in [0.05, 0.1) is 5.52 Å². The second kappa shape index (κ2) is 3.47. The van der Waals surface area contributed by atoms with E-state index in [1.807, 2.05) is 36.7 Å². The van der Waals surface area contributed by atoms with Gasteiger partial charge in [-0.3, -0.25) is 0 Å². The standard InChI is InChI=1S/C9H8N2S2/c1-13-9(12)11-6-7-4-2-3-5-8(7)10-11/h2-6H,1H3. The van der Waals surface area contributed by atoms with Gasteiger partial charge < -0.3 is 0 Å². The van der Waals surface area contributed by atoms with Gasteiger partial charge in [-0.2, -0.15) is 5.10 Å². The molecule has 0 spiro atoms. The molecule has 0 aliphatic heterocycles. The third-order valence-electron chi connectivity index (χ3n) is 1.78. The Kier molecular flexibility index (Phi) is 2.33. The maximum absolute atomic E-state index is 5.13. The van der Waals surface area contributed by atoms with Crippen LogP contribution < -0.4 is 0 Å². The van der Waals surface area contributed by atoms with E-state index in [0.29, 0.717) is 0 Å². The van der Waals surface area contributed by atoms with E-state index in [0.717, 1.165) is 15.2 Å². The number of thiocarbonyl (C=S) groups is 1. The lowest BCUT2D eigenvalue weighted by molar-refractivity contribution is 0.985. The van der Waals surface area contributed by atoms with Gasteiger partial charge in [0.1, 0.15) is 0 Å². The maximum atomic E-state index is 5.13. The van der Waals surface area contributed by atoms with Crippen LogP contribution in [0.25, 0.3) is 10.9 Å². The average Bonchev–Trinajstić information content (AvgIpc) is 2.59. The van der Waals surface area contributed by atoms with E-state index in [9.17, 15) is 0 Å². The molecule has 0 amide bonds. The number of hydrogen-bond acceptors (Lipinski definition) is 3. The Labute approximate surface area is 85.9 Å². The van der Waals surface area contributed by atoms with Crippen molar-refractivity contribution in [1.29, 1.82) is 0 Å². The number of rotatable bonds is 0. The molecule has 2 aromatic rings. The molecule has 1 aromatic heterocycles. The first-order valence-electron chi connectivity index (χ1n) is 3.84. The molecule has 0 bridgehead atoms. The second-order valence-electron chi connectivity index (χ2n) is 2.60. The highest BCUT2D eigenvalue weighted by atomic mass is 32.2. The lowest BCUT2D eigenvalue weighted by Gasteiger charge is -1.95. The van der Waals surface area contributed by atoms with Gasteiger partial charge in [0.15, 0.2) is 4.32 Å². The molecule has 0 atom stereocenters. The quantitative estimate of drug-likeness (QED) is 0.620. The smallest absolute Gasteiger partial charge is 0.160 e. The first-order chi connectivity index (χ1) is 6.31. The van der Waals surface area contributed by atoms with Crippen LogP contribution in [0.2, 0.25) is 0 Å². The summed E-state index contributed by atoms with van der Waals surface area (Å²) in [6.07, 6.45) is 3.91. The van der Waals surface area contributed by atoms with Crippen LogP contribution in [-0.4, -0.2) is 20.4 Å². The van der Waals surface area contributed by atoms with Crippen molar-refractivity contribution in [3.8, 4) is 0 Å². The third-order valence-corrected chi connectivity index (χ3v) is 3.00. The predicted octanol–water partition coefficient (Wildman–Crippen LogP) is 2.53. The van der Waals surface area contributed by atoms with Crippen LogP contribution >= 0.6 is 24.0 Å². The van der Waals surface area contributed by atoms with E-state index < -0.39 is 0 Å². The summed E-state index contributed by atoms with van der Waals surface area (Å²) >= 11 is 6.65. The first-order valence-corrected chi connectivity index (χ1v) is 5.47. The van der Waals surface area contributed by atoms with Crippen molar-refractivity contribution in [3.63, 3.8) is 0 Å². The van der Waals surface area contributed by atoms with E-state index >= 15 is 0 Å². The molecular weight excluding hydrogens is 200 g/mol. The van der Waals surface area contributed by atoms with Crippen LogP contribution in [0, 0.1) is 0 Å². The fraction of sp³-hybridized carbons (Fsp3) is 0.111. The molecule has 4 heteroatoms. The highest BCUT2D eigenvalue weighted by molar-refractivity contribution is 8.22. The molecule has 1 heterocycles. The number of benzene rings is 1. The summed E-state index contributed by atoms with van der Waals surface area (Å²) in [7, 11) is 0. The molecule has 2 rings (SSSR count). The second-order valence-corrected chi connectivity index (χ2v) is 4.04. The van der Waals surface area contributed by atoms with Gasteiger partial charge in [-0.25, -0.2) is 4.68 Å². The van der Waals surface area contributed by atoms with Gasteiger partial charge in [0, 0.05) is 11.6 Å². The van der Waals surface area contributed by atoms with Crippen LogP contribution in [0.4, 0.5) is 0 Å². The Morgan fingerprint density at radius 2 is 2.23 bits per heavy atom. The number of thioether (sulfide) groups is 1. The first kappa shape index (κ1) is 8.72. The van der Waals surface area contributed by atoms with Crippen molar-refractivity contribution in [2.75, 3.05) is 6.26 Å². The molecule has 0 saturated carbocycles. The zero-order chi connectivity index (χ0) is 9.26. The lowest BCUT2D eigenvalue weighted by Crippen LogP contribution is -2.03. The maximum Gasteiger partial charge on any atom is 0.160 e. The van der Waals surface area contributed by atoms with Crippen molar-refractivity contribution >= 4 is 39.2 Å². The molecule has 13 heavy (non-hydrogen) atoms. The van der Waals surface area contributed by atoms with E-state index in [1.54, 1.807) is 4.68 Å². The van der Waals surface area contributed by atoms with Crippen molar-refractivity contribution in [2.24, 2.45) is 0 Å².